The van der Waals surface area contributed by atoms with Gasteiger partial charge in [-0.05, 0) is 44.6 Å². The van der Waals surface area contributed by atoms with Gasteiger partial charge >= 0.3 is 5.97 Å². The minimum absolute atomic E-state index is 0.0400. The van der Waals surface area contributed by atoms with Crippen molar-refractivity contribution >= 4 is 5.97 Å². The van der Waals surface area contributed by atoms with E-state index in [9.17, 15) is 9.90 Å². The molecular weight excluding hydrogens is 288 g/mol. The number of carbonyl (C=O) groups excluding carboxylic acids is 1. The summed E-state index contributed by atoms with van der Waals surface area (Å²) in [5, 5.41) is 9.97. The largest absolute Gasteiger partial charge is 0.457 e. The van der Waals surface area contributed by atoms with Gasteiger partial charge in [-0.1, -0.05) is 49.5 Å². The fraction of sp³-hybridized carbons (Fsp3) is 0.550. The Morgan fingerprint density at radius 1 is 1.00 bits per heavy atom. The van der Waals surface area contributed by atoms with Crippen molar-refractivity contribution in [3.8, 4) is 0 Å². The average molecular weight is 316 g/mol. The van der Waals surface area contributed by atoms with Gasteiger partial charge in [0.2, 0.25) is 0 Å². The summed E-state index contributed by atoms with van der Waals surface area (Å²) >= 11 is 0. The Morgan fingerprint density at radius 2 is 1.61 bits per heavy atom. The third-order valence-corrected chi connectivity index (χ3v) is 4.49. The van der Waals surface area contributed by atoms with Crippen LogP contribution in [0.15, 0.2) is 48.6 Å². The Bertz CT molecular complexity index is 487. The molecule has 0 bridgehead atoms. The molecule has 0 aromatic carbocycles. The van der Waals surface area contributed by atoms with Crippen molar-refractivity contribution in [3.05, 3.63) is 48.6 Å². The summed E-state index contributed by atoms with van der Waals surface area (Å²) in [6.45, 7) is 2.14. The Labute approximate surface area is 139 Å². The summed E-state index contributed by atoms with van der Waals surface area (Å²) in [6.07, 6.45) is 21.6. The van der Waals surface area contributed by atoms with Crippen molar-refractivity contribution < 1.29 is 14.6 Å². The number of esters is 1. The molecule has 0 radical (unpaired) electrons. The van der Waals surface area contributed by atoms with Gasteiger partial charge in [-0.15, -0.1) is 0 Å². The Hall–Kier alpha value is -1.61. The maximum Gasteiger partial charge on any atom is 0.310 e. The van der Waals surface area contributed by atoms with Gasteiger partial charge in [0.25, 0.3) is 0 Å². The molecule has 4 atom stereocenters. The first-order valence-corrected chi connectivity index (χ1v) is 8.74. The van der Waals surface area contributed by atoms with Crippen LogP contribution >= 0.6 is 0 Å². The van der Waals surface area contributed by atoms with Crippen LogP contribution in [0.3, 0.4) is 0 Å². The second-order valence-corrected chi connectivity index (χ2v) is 6.19. The number of aliphatic hydroxyl groups excluding tert-OH is 1. The van der Waals surface area contributed by atoms with Crippen LogP contribution in [-0.2, 0) is 9.53 Å². The van der Waals surface area contributed by atoms with Crippen LogP contribution in [0.5, 0.6) is 0 Å². The highest BCUT2D eigenvalue weighted by Gasteiger charge is 2.50. The lowest BCUT2D eigenvalue weighted by Crippen LogP contribution is -2.25. The highest BCUT2D eigenvalue weighted by molar-refractivity contribution is 5.76. The Balaban J connectivity index is 1.66. The lowest BCUT2D eigenvalue weighted by Gasteiger charge is -2.15. The van der Waals surface area contributed by atoms with Crippen molar-refractivity contribution in [2.75, 3.05) is 0 Å². The molecule has 1 aliphatic carbocycles. The summed E-state index contributed by atoms with van der Waals surface area (Å²) in [6, 6.07) is 0. The van der Waals surface area contributed by atoms with E-state index in [0.29, 0.717) is 6.42 Å². The fourth-order valence-corrected chi connectivity index (χ4v) is 3.29. The number of ether oxygens (including phenoxy) is 1. The zero-order chi connectivity index (χ0) is 16.5. The second-order valence-electron chi connectivity index (χ2n) is 6.19. The zero-order valence-electron chi connectivity index (χ0n) is 13.9. The quantitative estimate of drug-likeness (QED) is 0.541. The highest BCUT2D eigenvalue weighted by Crippen LogP contribution is 2.42. The maximum absolute atomic E-state index is 11.7. The topological polar surface area (TPSA) is 46.5 Å². The number of carbonyl (C=O) groups is 1. The molecule has 126 valence electrons. The normalized spacial score (nSPS) is 31.1. The molecular formula is C20H28O3. The molecule has 2 rings (SSSR count). The van der Waals surface area contributed by atoms with Gasteiger partial charge in [0.1, 0.15) is 6.10 Å². The number of hydrogen-bond donors (Lipinski definition) is 1. The summed E-state index contributed by atoms with van der Waals surface area (Å²) in [5.41, 5.74) is 0. The first kappa shape index (κ1) is 17.7. The van der Waals surface area contributed by atoms with Gasteiger partial charge in [0.15, 0.2) is 0 Å². The minimum atomic E-state index is -0.400. The highest BCUT2D eigenvalue weighted by atomic mass is 16.6. The molecule has 2 aliphatic rings. The lowest BCUT2D eigenvalue weighted by atomic mass is 9.92. The summed E-state index contributed by atoms with van der Waals surface area (Å²) in [7, 11) is 0. The number of fused-ring (bicyclic) bond motifs is 1. The smallest absolute Gasteiger partial charge is 0.310 e. The minimum Gasteiger partial charge on any atom is -0.457 e. The van der Waals surface area contributed by atoms with Crippen LogP contribution in [0.1, 0.15) is 45.4 Å². The monoisotopic (exact) mass is 316 g/mol. The van der Waals surface area contributed by atoms with Crippen molar-refractivity contribution in [2.45, 2.75) is 57.7 Å². The third kappa shape index (κ3) is 5.21. The van der Waals surface area contributed by atoms with Crippen LogP contribution < -0.4 is 0 Å². The molecule has 1 aliphatic heterocycles. The molecule has 1 N–H and O–H groups in total. The molecule has 0 aromatic heterocycles. The molecule has 3 nitrogen and oxygen atoms in total. The molecule has 0 amide bonds. The van der Waals surface area contributed by atoms with E-state index in [1.807, 2.05) is 12.2 Å². The molecule has 0 unspecified atom stereocenters. The van der Waals surface area contributed by atoms with Crippen LogP contribution in [0.25, 0.3) is 0 Å². The molecule has 1 saturated carbocycles. The summed E-state index contributed by atoms with van der Waals surface area (Å²) in [4.78, 5) is 11.7. The molecule has 1 heterocycles. The van der Waals surface area contributed by atoms with E-state index in [0.717, 1.165) is 32.1 Å². The summed E-state index contributed by atoms with van der Waals surface area (Å²) in [5.74, 6) is -0.275. The predicted octanol–water partition coefficient (Wildman–Crippen LogP) is 4.10. The van der Waals surface area contributed by atoms with Gasteiger partial charge in [-0.3, -0.25) is 4.79 Å². The van der Waals surface area contributed by atoms with E-state index in [4.69, 9.17) is 4.74 Å². The standard InChI is InChI=1S/C20H28O3/c1-2-3-4-5-6-7-8-9-10-11-12-13-18-19-16(20(22)23-18)14-15-17(19)21/h3-4,6-7,9-10,12-13,16-19,21H,2,5,8,11,14-15H2,1H3/b4-3-,7-6-,10-9-,13-12-/t16-,17+,18-,19-/m0/s1. The van der Waals surface area contributed by atoms with E-state index in [1.54, 1.807) is 0 Å². The van der Waals surface area contributed by atoms with Crippen LogP contribution in [-0.4, -0.2) is 23.3 Å². The van der Waals surface area contributed by atoms with Crippen molar-refractivity contribution in [1.29, 1.82) is 0 Å². The molecule has 3 heteroatoms. The second kappa shape index (κ2) is 9.51. The Morgan fingerprint density at radius 3 is 2.26 bits per heavy atom. The van der Waals surface area contributed by atoms with Crippen LogP contribution in [0.2, 0.25) is 0 Å². The van der Waals surface area contributed by atoms with Gasteiger partial charge in [0.05, 0.1) is 12.0 Å². The van der Waals surface area contributed by atoms with Gasteiger partial charge in [-0.25, -0.2) is 0 Å². The molecule has 0 aromatic rings. The average Bonchev–Trinajstić information content (AvgIpc) is 3.07. The van der Waals surface area contributed by atoms with Gasteiger partial charge < -0.3 is 9.84 Å². The molecule has 23 heavy (non-hydrogen) atoms. The van der Waals surface area contributed by atoms with Crippen molar-refractivity contribution in [1.82, 2.24) is 0 Å². The summed E-state index contributed by atoms with van der Waals surface area (Å²) < 4.78 is 5.36. The first-order valence-electron chi connectivity index (χ1n) is 8.74. The molecule has 1 saturated heterocycles. The maximum atomic E-state index is 11.7. The number of rotatable bonds is 8. The Kier molecular flexibility index (Phi) is 7.34. The predicted molar refractivity (Wildman–Crippen MR) is 92.8 cm³/mol. The van der Waals surface area contributed by atoms with Crippen molar-refractivity contribution in [3.63, 3.8) is 0 Å². The zero-order valence-corrected chi connectivity index (χ0v) is 13.9. The number of allylic oxidation sites excluding steroid dienone is 7. The number of cyclic esters (lactones) is 1. The van der Waals surface area contributed by atoms with E-state index < -0.39 is 6.10 Å². The van der Waals surface area contributed by atoms with Crippen LogP contribution in [0.4, 0.5) is 0 Å². The number of aliphatic hydroxyl groups is 1. The van der Waals surface area contributed by atoms with Crippen molar-refractivity contribution in [2.24, 2.45) is 11.8 Å². The van der Waals surface area contributed by atoms with E-state index in [-0.39, 0.29) is 23.9 Å². The fourth-order valence-electron chi connectivity index (χ4n) is 3.29. The van der Waals surface area contributed by atoms with E-state index in [2.05, 4.69) is 43.4 Å². The molecule has 0 spiro atoms. The van der Waals surface area contributed by atoms with Crippen LogP contribution in [0, 0.1) is 11.8 Å². The lowest BCUT2D eigenvalue weighted by molar-refractivity contribution is -0.143. The first-order chi connectivity index (χ1) is 11.2. The van der Waals surface area contributed by atoms with E-state index in [1.165, 1.54) is 0 Å². The number of hydrogen-bond acceptors (Lipinski definition) is 3. The SMILES string of the molecule is CC/C=C\C/C=C\C/C=C\C/C=C\[C@@H]1OC(=O)[C@H]2CC[C@@H](O)[C@@H]12. The van der Waals surface area contributed by atoms with Gasteiger partial charge in [0, 0.05) is 5.92 Å². The van der Waals surface area contributed by atoms with Gasteiger partial charge in [-0.2, -0.15) is 0 Å². The van der Waals surface area contributed by atoms with E-state index >= 15 is 0 Å². The molecule has 2 fully saturated rings. The third-order valence-electron chi connectivity index (χ3n) is 4.49.